The van der Waals surface area contributed by atoms with Crippen molar-refractivity contribution in [3.05, 3.63) is 23.0 Å². The first-order valence-corrected chi connectivity index (χ1v) is 8.89. The van der Waals surface area contributed by atoms with Crippen LogP contribution in [0.25, 0.3) is 10.6 Å². The van der Waals surface area contributed by atoms with Crippen molar-refractivity contribution in [2.24, 2.45) is 0 Å². The lowest BCUT2D eigenvalue weighted by atomic mass is 9.97. The maximum absolute atomic E-state index is 4.93. The molecule has 2 aromatic rings. The Kier molecular flexibility index (Phi) is 4.70. The van der Waals surface area contributed by atoms with Crippen LogP contribution in [-0.2, 0) is 13.0 Å². The quantitative estimate of drug-likeness (QED) is 0.883. The molecule has 0 saturated carbocycles. The van der Waals surface area contributed by atoms with E-state index < -0.39 is 0 Å². The number of rotatable bonds is 6. The largest absolute Gasteiger partial charge is 0.309 e. The summed E-state index contributed by atoms with van der Waals surface area (Å²) in [6, 6.07) is 0.449. The van der Waals surface area contributed by atoms with Gasteiger partial charge in [0, 0.05) is 23.2 Å². The van der Waals surface area contributed by atoms with Crippen LogP contribution in [0.15, 0.2) is 12.4 Å². The Hall–Kier alpha value is -1.20. The summed E-state index contributed by atoms with van der Waals surface area (Å²) in [6.45, 7) is 6.44. The second-order valence-electron chi connectivity index (χ2n) is 5.72. The van der Waals surface area contributed by atoms with E-state index in [0.717, 1.165) is 30.1 Å². The topological polar surface area (TPSA) is 42.7 Å². The molecule has 1 aliphatic rings. The lowest BCUT2D eigenvalue weighted by Gasteiger charge is -2.22. The highest BCUT2D eigenvalue weighted by Gasteiger charge is 2.24. The lowest BCUT2D eigenvalue weighted by Crippen LogP contribution is -2.25. The molecular formula is C16H24N4S. The molecule has 0 aromatic carbocycles. The molecule has 0 fully saturated rings. The van der Waals surface area contributed by atoms with Gasteiger partial charge in [0.15, 0.2) is 0 Å². The number of nitrogens with zero attached hydrogens (tertiary/aromatic N) is 3. The van der Waals surface area contributed by atoms with E-state index in [0.29, 0.717) is 6.04 Å². The van der Waals surface area contributed by atoms with E-state index in [2.05, 4.69) is 30.5 Å². The fourth-order valence-electron chi connectivity index (χ4n) is 2.88. The summed E-state index contributed by atoms with van der Waals surface area (Å²) in [6.07, 6.45) is 10.0. The number of hydrogen-bond acceptors (Lipinski definition) is 4. The van der Waals surface area contributed by atoms with Crippen LogP contribution < -0.4 is 5.32 Å². The first kappa shape index (κ1) is 14.7. The predicted molar refractivity (Wildman–Crippen MR) is 87.6 cm³/mol. The first-order chi connectivity index (χ1) is 10.3. The zero-order valence-corrected chi connectivity index (χ0v) is 13.7. The highest BCUT2D eigenvalue weighted by atomic mass is 32.1. The maximum Gasteiger partial charge on any atom is 0.127 e. The molecule has 21 heavy (non-hydrogen) atoms. The Morgan fingerprint density at radius 3 is 3.10 bits per heavy atom. The second kappa shape index (κ2) is 6.71. The van der Waals surface area contributed by atoms with Gasteiger partial charge in [0.1, 0.15) is 5.01 Å². The van der Waals surface area contributed by atoms with E-state index in [1.807, 2.05) is 22.2 Å². The average Bonchev–Trinajstić information content (AvgIpc) is 3.11. The second-order valence-corrected chi connectivity index (χ2v) is 6.80. The average molecular weight is 304 g/mol. The molecule has 0 bridgehead atoms. The molecule has 3 rings (SSSR count). The number of aromatic nitrogens is 3. The van der Waals surface area contributed by atoms with Gasteiger partial charge in [0.25, 0.3) is 0 Å². The molecule has 0 radical (unpaired) electrons. The fourth-order valence-corrected chi connectivity index (χ4v) is 4.02. The van der Waals surface area contributed by atoms with Crippen LogP contribution in [0.3, 0.4) is 0 Å². The Morgan fingerprint density at radius 2 is 2.29 bits per heavy atom. The fraction of sp³-hybridized carbons (Fsp3) is 0.625. The van der Waals surface area contributed by atoms with E-state index in [-0.39, 0.29) is 0 Å². The van der Waals surface area contributed by atoms with Crippen molar-refractivity contribution in [1.82, 2.24) is 20.1 Å². The minimum absolute atomic E-state index is 0.449. The molecule has 4 nitrogen and oxygen atoms in total. The minimum Gasteiger partial charge on any atom is -0.309 e. The van der Waals surface area contributed by atoms with Crippen molar-refractivity contribution in [2.75, 3.05) is 6.54 Å². The summed E-state index contributed by atoms with van der Waals surface area (Å²) in [5, 5.41) is 9.20. The summed E-state index contributed by atoms with van der Waals surface area (Å²) in [5.74, 6) is 0. The van der Waals surface area contributed by atoms with Crippen molar-refractivity contribution >= 4 is 11.3 Å². The van der Waals surface area contributed by atoms with Crippen LogP contribution in [0.5, 0.6) is 0 Å². The molecule has 2 heterocycles. The van der Waals surface area contributed by atoms with Gasteiger partial charge in [-0.2, -0.15) is 5.10 Å². The molecule has 0 spiro atoms. The van der Waals surface area contributed by atoms with Gasteiger partial charge in [0.2, 0.25) is 0 Å². The summed E-state index contributed by atoms with van der Waals surface area (Å²) in [4.78, 5) is 6.40. The number of nitrogens with one attached hydrogen (secondary N) is 1. The standard InChI is InChI=1S/C16H24N4S/c1-3-8-17-13-6-5-7-14-15(13)19-16(21-14)12-10-18-20(11-12)9-4-2/h10-11,13,17H,3-9H2,1-2H3. The molecule has 114 valence electrons. The molecule has 1 unspecified atom stereocenters. The van der Waals surface area contributed by atoms with Crippen LogP contribution in [0.1, 0.15) is 56.1 Å². The van der Waals surface area contributed by atoms with Gasteiger partial charge < -0.3 is 5.32 Å². The van der Waals surface area contributed by atoms with Gasteiger partial charge in [-0.3, -0.25) is 4.68 Å². The molecule has 0 amide bonds. The van der Waals surface area contributed by atoms with Crippen molar-refractivity contribution in [1.29, 1.82) is 0 Å². The Bertz CT molecular complexity index is 587. The van der Waals surface area contributed by atoms with E-state index in [4.69, 9.17) is 4.98 Å². The Labute approximate surface area is 130 Å². The van der Waals surface area contributed by atoms with Crippen LogP contribution in [0.4, 0.5) is 0 Å². The summed E-state index contributed by atoms with van der Waals surface area (Å²) in [7, 11) is 0. The smallest absolute Gasteiger partial charge is 0.127 e. The van der Waals surface area contributed by atoms with Gasteiger partial charge in [-0.05, 0) is 38.6 Å². The Morgan fingerprint density at radius 1 is 1.38 bits per heavy atom. The van der Waals surface area contributed by atoms with Crippen molar-refractivity contribution < 1.29 is 0 Å². The molecule has 1 aliphatic carbocycles. The van der Waals surface area contributed by atoms with Gasteiger partial charge in [-0.1, -0.05) is 13.8 Å². The summed E-state index contributed by atoms with van der Waals surface area (Å²) >= 11 is 1.85. The highest BCUT2D eigenvalue weighted by molar-refractivity contribution is 7.15. The number of fused-ring (bicyclic) bond motifs is 1. The van der Waals surface area contributed by atoms with E-state index in [1.165, 1.54) is 36.3 Å². The SMILES string of the molecule is CCCNC1CCCc2sc(-c3cnn(CCC)c3)nc21. The minimum atomic E-state index is 0.449. The molecule has 0 saturated heterocycles. The van der Waals surface area contributed by atoms with Gasteiger partial charge in [0.05, 0.1) is 17.9 Å². The predicted octanol–water partition coefficient (Wildman–Crippen LogP) is 3.79. The van der Waals surface area contributed by atoms with E-state index in [9.17, 15) is 0 Å². The van der Waals surface area contributed by atoms with Crippen LogP contribution in [0, 0.1) is 0 Å². The lowest BCUT2D eigenvalue weighted by molar-refractivity contribution is 0.454. The maximum atomic E-state index is 4.93. The monoisotopic (exact) mass is 304 g/mol. The summed E-state index contributed by atoms with van der Waals surface area (Å²) in [5.41, 5.74) is 2.45. The van der Waals surface area contributed by atoms with Crippen LogP contribution in [0.2, 0.25) is 0 Å². The van der Waals surface area contributed by atoms with Crippen molar-refractivity contribution in [2.45, 2.75) is 58.5 Å². The molecule has 1 atom stereocenters. The zero-order chi connectivity index (χ0) is 14.7. The van der Waals surface area contributed by atoms with Crippen molar-refractivity contribution in [3.8, 4) is 10.6 Å². The van der Waals surface area contributed by atoms with E-state index in [1.54, 1.807) is 0 Å². The van der Waals surface area contributed by atoms with Gasteiger partial charge in [-0.25, -0.2) is 4.98 Å². The third-order valence-electron chi connectivity index (χ3n) is 3.93. The first-order valence-electron chi connectivity index (χ1n) is 8.07. The molecule has 5 heteroatoms. The normalized spacial score (nSPS) is 17.9. The molecule has 0 aliphatic heterocycles. The number of hydrogen-bond donors (Lipinski definition) is 1. The van der Waals surface area contributed by atoms with Crippen LogP contribution in [-0.4, -0.2) is 21.3 Å². The zero-order valence-electron chi connectivity index (χ0n) is 12.9. The summed E-state index contributed by atoms with van der Waals surface area (Å²) < 4.78 is 2.02. The van der Waals surface area contributed by atoms with Gasteiger partial charge in [-0.15, -0.1) is 11.3 Å². The number of thiazole rings is 1. The van der Waals surface area contributed by atoms with E-state index >= 15 is 0 Å². The van der Waals surface area contributed by atoms with Crippen LogP contribution >= 0.6 is 11.3 Å². The highest BCUT2D eigenvalue weighted by Crippen LogP contribution is 2.36. The van der Waals surface area contributed by atoms with Crippen molar-refractivity contribution in [3.63, 3.8) is 0 Å². The third-order valence-corrected chi connectivity index (χ3v) is 5.11. The molecule has 1 N–H and O–H groups in total. The molecule has 2 aromatic heterocycles. The molecular weight excluding hydrogens is 280 g/mol. The Balaban J connectivity index is 1.83. The number of aryl methyl sites for hydroxylation is 2. The third kappa shape index (κ3) is 3.19. The van der Waals surface area contributed by atoms with Gasteiger partial charge >= 0.3 is 0 Å².